The molecule has 0 radical (unpaired) electrons. The number of phenols is 2. The van der Waals surface area contributed by atoms with Gasteiger partial charge in [0, 0.05) is 16.4 Å². The Hall–Kier alpha value is -3.57. The first-order valence-electron chi connectivity index (χ1n) is 8.82. The van der Waals surface area contributed by atoms with Crippen LogP contribution in [0.25, 0.3) is 0 Å². The highest BCUT2D eigenvalue weighted by Gasteiger charge is 2.43. The maximum absolute atomic E-state index is 14.1. The van der Waals surface area contributed by atoms with E-state index in [1.54, 1.807) is 18.2 Å². The Morgan fingerprint density at radius 2 is 1.17 bits per heavy atom. The molecule has 0 aliphatic rings. The molecule has 0 spiro atoms. The number of rotatable bonds is 7. The summed E-state index contributed by atoms with van der Waals surface area (Å²) in [4.78, 5) is 26.8. The number of carbonyl (C=O) groups excluding carboxylic acids is 2. The number of hydrogen-bond acceptors (Lipinski definition) is 7. The third-order valence-electron chi connectivity index (χ3n) is 4.55. The molecular weight excluding hydrogens is 407 g/mol. The molecule has 0 unspecified atom stereocenters. The molecule has 2 N–H and O–H groups in total. The van der Waals surface area contributed by atoms with E-state index in [4.69, 9.17) is 9.47 Å². The third-order valence-corrected chi connectivity index (χ3v) is 7.23. The Morgan fingerprint density at radius 3 is 1.57 bits per heavy atom. The van der Waals surface area contributed by atoms with Crippen LogP contribution >= 0.6 is 7.14 Å². The van der Waals surface area contributed by atoms with Gasteiger partial charge >= 0.3 is 0 Å². The Kier molecular flexibility index (Phi) is 5.94. The molecule has 154 valence electrons. The Balaban J connectivity index is 2.19. The first-order chi connectivity index (χ1) is 14.3. The standard InChI is InChI=1S/C22H19O7P/c1-28-19-12-14(8-10-17(19)23)21(25)30(27,16-6-4-3-5-7-16)22(26)15-9-11-18(24)20(13-15)29-2/h3-13,23-24H,1-2H3. The molecule has 3 rings (SSSR count). The molecule has 7 nitrogen and oxygen atoms in total. The number of ether oxygens (including phenoxy) is 2. The van der Waals surface area contributed by atoms with Crippen molar-refractivity contribution in [2.24, 2.45) is 0 Å². The molecule has 3 aromatic carbocycles. The minimum absolute atomic E-state index is 0.0132. The van der Waals surface area contributed by atoms with Gasteiger partial charge in [-0.3, -0.25) is 9.59 Å². The Bertz CT molecular complexity index is 1090. The fourth-order valence-electron chi connectivity index (χ4n) is 2.95. The monoisotopic (exact) mass is 426 g/mol. The van der Waals surface area contributed by atoms with Gasteiger partial charge in [0.05, 0.1) is 14.2 Å². The van der Waals surface area contributed by atoms with Crippen molar-refractivity contribution >= 4 is 23.5 Å². The maximum Gasteiger partial charge on any atom is 0.248 e. The Morgan fingerprint density at radius 1 is 0.733 bits per heavy atom. The van der Waals surface area contributed by atoms with E-state index in [-0.39, 0.29) is 39.4 Å². The minimum Gasteiger partial charge on any atom is -0.504 e. The quantitative estimate of drug-likeness (QED) is 0.553. The summed E-state index contributed by atoms with van der Waals surface area (Å²) in [5.41, 5.74) is -1.89. The van der Waals surface area contributed by atoms with Crippen LogP contribution in [0.3, 0.4) is 0 Å². The van der Waals surface area contributed by atoms with Crippen LogP contribution in [0.15, 0.2) is 66.7 Å². The number of phenolic OH excluding ortho intramolecular Hbond substituents is 2. The lowest BCUT2D eigenvalue weighted by atomic mass is 10.2. The van der Waals surface area contributed by atoms with Crippen molar-refractivity contribution in [1.29, 1.82) is 0 Å². The summed E-state index contributed by atoms with van der Waals surface area (Å²) in [5.74, 6) is -0.366. The van der Waals surface area contributed by atoms with E-state index in [1.165, 1.54) is 62.8 Å². The summed E-state index contributed by atoms with van der Waals surface area (Å²) in [5, 5.41) is 19.7. The van der Waals surface area contributed by atoms with Crippen molar-refractivity contribution in [3.8, 4) is 23.0 Å². The van der Waals surface area contributed by atoms with E-state index in [1.807, 2.05) is 0 Å². The van der Waals surface area contributed by atoms with E-state index in [0.29, 0.717) is 0 Å². The zero-order valence-electron chi connectivity index (χ0n) is 16.2. The van der Waals surface area contributed by atoms with Gasteiger partial charge in [-0.15, -0.1) is 0 Å². The zero-order chi connectivity index (χ0) is 21.9. The Labute approximate surface area is 172 Å². The number of hydrogen-bond donors (Lipinski definition) is 2. The van der Waals surface area contributed by atoms with Crippen molar-refractivity contribution in [2.45, 2.75) is 0 Å². The number of carbonyl (C=O) groups is 2. The van der Waals surface area contributed by atoms with Gasteiger partial charge in [0.1, 0.15) is 0 Å². The molecule has 0 heterocycles. The molecule has 30 heavy (non-hydrogen) atoms. The van der Waals surface area contributed by atoms with Crippen LogP contribution in [0.5, 0.6) is 23.0 Å². The fourth-order valence-corrected chi connectivity index (χ4v) is 5.20. The number of aromatic hydroxyl groups is 2. The predicted molar refractivity (Wildman–Crippen MR) is 112 cm³/mol. The number of methoxy groups -OCH3 is 2. The molecule has 0 fully saturated rings. The summed E-state index contributed by atoms with van der Waals surface area (Å²) in [7, 11) is -1.71. The second kappa shape index (κ2) is 8.43. The van der Waals surface area contributed by atoms with Crippen molar-refractivity contribution in [3.05, 3.63) is 77.9 Å². The fraction of sp³-hybridized carbons (Fsp3) is 0.0909. The van der Waals surface area contributed by atoms with E-state index >= 15 is 0 Å². The lowest BCUT2D eigenvalue weighted by Crippen LogP contribution is -2.20. The van der Waals surface area contributed by atoms with E-state index < -0.39 is 18.2 Å². The smallest absolute Gasteiger partial charge is 0.248 e. The van der Waals surface area contributed by atoms with Crippen LogP contribution in [0.4, 0.5) is 0 Å². The highest BCUT2D eigenvalue weighted by molar-refractivity contribution is 8.01. The van der Waals surface area contributed by atoms with Gasteiger partial charge < -0.3 is 24.3 Å². The zero-order valence-corrected chi connectivity index (χ0v) is 17.1. The van der Waals surface area contributed by atoms with Gasteiger partial charge in [-0.2, -0.15) is 0 Å². The van der Waals surface area contributed by atoms with E-state index in [2.05, 4.69) is 0 Å². The summed E-state index contributed by atoms with van der Waals surface area (Å²) in [6, 6.07) is 15.2. The second-order valence-corrected chi connectivity index (χ2v) is 8.88. The van der Waals surface area contributed by atoms with Gasteiger partial charge in [-0.25, -0.2) is 0 Å². The maximum atomic E-state index is 14.1. The topological polar surface area (TPSA) is 110 Å². The average molecular weight is 426 g/mol. The molecule has 0 amide bonds. The van der Waals surface area contributed by atoms with Crippen LogP contribution < -0.4 is 14.8 Å². The van der Waals surface area contributed by atoms with E-state index in [0.717, 1.165) is 0 Å². The molecule has 0 atom stereocenters. The van der Waals surface area contributed by atoms with Gasteiger partial charge in [0.25, 0.3) is 0 Å². The van der Waals surface area contributed by atoms with Crippen molar-refractivity contribution in [3.63, 3.8) is 0 Å². The van der Waals surface area contributed by atoms with Crippen molar-refractivity contribution < 1.29 is 33.8 Å². The predicted octanol–water partition coefficient (Wildman–Crippen LogP) is 3.78. The molecule has 3 aromatic rings. The highest BCUT2D eigenvalue weighted by Crippen LogP contribution is 2.52. The lowest BCUT2D eigenvalue weighted by molar-refractivity contribution is 0.104. The van der Waals surface area contributed by atoms with Crippen LogP contribution in [-0.2, 0) is 4.57 Å². The second-order valence-electron chi connectivity index (χ2n) is 6.33. The molecule has 0 aliphatic heterocycles. The number of benzene rings is 3. The molecule has 0 aliphatic carbocycles. The minimum atomic E-state index is -4.34. The normalized spacial score (nSPS) is 11.0. The lowest BCUT2D eigenvalue weighted by Gasteiger charge is -2.17. The van der Waals surface area contributed by atoms with Crippen molar-refractivity contribution in [2.75, 3.05) is 14.2 Å². The molecule has 0 aromatic heterocycles. The summed E-state index contributed by atoms with van der Waals surface area (Å²) < 4.78 is 24.1. The third kappa shape index (κ3) is 3.67. The molecule has 0 bridgehead atoms. The van der Waals surface area contributed by atoms with Crippen LogP contribution in [0, 0.1) is 0 Å². The first kappa shape index (κ1) is 21.1. The van der Waals surface area contributed by atoms with Gasteiger partial charge in [0.2, 0.25) is 18.2 Å². The molecular formula is C22H19O7P. The van der Waals surface area contributed by atoms with Crippen LogP contribution in [0.1, 0.15) is 20.7 Å². The van der Waals surface area contributed by atoms with Crippen molar-refractivity contribution in [1.82, 2.24) is 0 Å². The molecule has 0 saturated carbocycles. The van der Waals surface area contributed by atoms with Crippen LogP contribution in [0.2, 0.25) is 0 Å². The largest absolute Gasteiger partial charge is 0.504 e. The SMILES string of the molecule is COc1cc(C(=O)P(=O)(C(=O)c2ccc(O)c(OC)c2)c2ccccc2)ccc1O. The molecule has 0 saturated heterocycles. The summed E-state index contributed by atoms with van der Waals surface area (Å²) in [6.07, 6.45) is 0. The van der Waals surface area contributed by atoms with Gasteiger partial charge in [-0.1, -0.05) is 30.3 Å². The van der Waals surface area contributed by atoms with Gasteiger partial charge in [0.15, 0.2) is 23.0 Å². The average Bonchev–Trinajstić information content (AvgIpc) is 2.78. The van der Waals surface area contributed by atoms with Gasteiger partial charge in [-0.05, 0) is 36.4 Å². The summed E-state index contributed by atoms with van der Waals surface area (Å²) >= 11 is 0. The first-order valence-corrected chi connectivity index (χ1v) is 10.5. The van der Waals surface area contributed by atoms with E-state index in [9.17, 15) is 24.4 Å². The summed E-state index contributed by atoms with van der Waals surface area (Å²) in [6.45, 7) is 0. The highest BCUT2D eigenvalue weighted by atomic mass is 31.2. The molecule has 8 heteroatoms. The van der Waals surface area contributed by atoms with Crippen LogP contribution in [-0.4, -0.2) is 35.5 Å².